The van der Waals surface area contributed by atoms with Crippen LogP contribution in [0, 0.1) is 6.92 Å². The van der Waals surface area contributed by atoms with Gasteiger partial charge in [0.25, 0.3) is 5.56 Å². The lowest BCUT2D eigenvalue weighted by molar-refractivity contribution is 0.311. The number of rotatable bonds is 4. The van der Waals surface area contributed by atoms with Crippen LogP contribution in [0.1, 0.15) is 5.69 Å². The van der Waals surface area contributed by atoms with Crippen LogP contribution in [0.5, 0.6) is 0 Å². The second kappa shape index (κ2) is 8.18. The van der Waals surface area contributed by atoms with E-state index in [1.807, 2.05) is 25.1 Å². The summed E-state index contributed by atoms with van der Waals surface area (Å²) in [6.45, 7) is 5.66. The third-order valence-corrected chi connectivity index (χ3v) is 5.23. The number of halogens is 1. The molecule has 1 aromatic carbocycles. The Labute approximate surface area is 173 Å². The van der Waals surface area contributed by atoms with Gasteiger partial charge in [0, 0.05) is 44.0 Å². The quantitative estimate of drug-likeness (QED) is 0.682. The SMILES string of the molecule is Cc1nc(N2CCN(C)CC2)ncc1-c1cc(=O)[nH]c(Nc2ccccc2Cl)n1. The number of piperazine rings is 1. The molecule has 8 nitrogen and oxygen atoms in total. The summed E-state index contributed by atoms with van der Waals surface area (Å²) in [4.78, 5) is 33.0. The molecule has 1 aliphatic heterocycles. The van der Waals surface area contributed by atoms with Gasteiger partial charge in [0.15, 0.2) is 0 Å². The maximum absolute atomic E-state index is 12.2. The minimum atomic E-state index is -0.271. The number of benzene rings is 1. The van der Waals surface area contributed by atoms with Gasteiger partial charge in [0.1, 0.15) is 0 Å². The highest BCUT2D eigenvalue weighted by atomic mass is 35.5. The zero-order valence-electron chi connectivity index (χ0n) is 16.3. The van der Waals surface area contributed by atoms with Crippen LogP contribution in [0.15, 0.2) is 41.3 Å². The summed E-state index contributed by atoms with van der Waals surface area (Å²) in [5.74, 6) is 1.02. The standard InChI is InChI=1S/C20H22ClN7O/c1-13-14(12-22-20(23-13)28-9-7-27(2)8-10-28)17-11-18(29)26-19(25-17)24-16-6-4-3-5-15(16)21/h3-6,11-12H,7-10H2,1-2H3,(H2,24,25,26,29). The number of nitrogens with one attached hydrogen (secondary N) is 2. The Morgan fingerprint density at radius 3 is 2.62 bits per heavy atom. The van der Waals surface area contributed by atoms with Crippen molar-refractivity contribution in [1.82, 2.24) is 24.8 Å². The summed E-state index contributed by atoms with van der Waals surface area (Å²) in [7, 11) is 2.11. The van der Waals surface area contributed by atoms with E-state index in [0.29, 0.717) is 28.3 Å². The topological polar surface area (TPSA) is 90.0 Å². The number of aromatic amines is 1. The molecule has 4 rings (SSSR count). The Kier molecular flexibility index (Phi) is 5.46. The van der Waals surface area contributed by atoms with Gasteiger partial charge in [0.2, 0.25) is 11.9 Å². The fourth-order valence-corrected chi connectivity index (χ4v) is 3.39. The van der Waals surface area contributed by atoms with Crippen molar-refractivity contribution in [2.75, 3.05) is 43.4 Å². The van der Waals surface area contributed by atoms with Gasteiger partial charge in [-0.3, -0.25) is 9.78 Å². The molecule has 2 N–H and O–H groups in total. The lowest BCUT2D eigenvalue weighted by Gasteiger charge is -2.32. The molecule has 3 heterocycles. The van der Waals surface area contributed by atoms with Gasteiger partial charge >= 0.3 is 0 Å². The van der Waals surface area contributed by atoms with Crippen LogP contribution in [0.2, 0.25) is 5.02 Å². The second-order valence-electron chi connectivity index (χ2n) is 7.04. The number of H-pyrrole nitrogens is 1. The molecule has 150 valence electrons. The zero-order valence-corrected chi connectivity index (χ0v) is 17.1. The fraction of sp³-hybridized carbons (Fsp3) is 0.300. The first-order chi connectivity index (χ1) is 14.0. The van der Waals surface area contributed by atoms with E-state index in [1.165, 1.54) is 6.07 Å². The van der Waals surface area contributed by atoms with E-state index in [0.717, 1.165) is 37.4 Å². The second-order valence-corrected chi connectivity index (χ2v) is 7.45. The van der Waals surface area contributed by atoms with Crippen LogP contribution in [0.3, 0.4) is 0 Å². The van der Waals surface area contributed by atoms with Gasteiger partial charge in [0.05, 0.1) is 22.1 Å². The Hall–Kier alpha value is -2.97. The first-order valence-corrected chi connectivity index (χ1v) is 9.78. The van der Waals surface area contributed by atoms with Gasteiger partial charge in [-0.2, -0.15) is 0 Å². The predicted molar refractivity (Wildman–Crippen MR) is 115 cm³/mol. The van der Waals surface area contributed by atoms with Crippen LogP contribution in [-0.2, 0) is 0 Å². The minimum Gasteiger partial charge on any atom is -0.338 e. The normalized spacial score (nSPS) is 14.8. The molecular formula is C20H22ClN7O. The molecule has 0 aliphatic carbocycles. The summed E-state index contributed by atoms with van der Waals surface area (Å²) in [5, 5.41) is 3.60. The Bertz CT molecular complexity index is 1080. The third-order valence-electron chi connectivity index (χ3n) is 4.90. The maximum Gasteiger partial charge on any atom is 0.252 e. The molecule has 0 radical (unpaired) electrons. The number of hydrogen-bond donors (Lipinski definition) is 2. The molecule has 0 amide bonds. The largest absolute Gasteiger partial charge is 0.338 e. The monoisotopic (exact) mass is 411 g/mol. The molecule has 9 heteroatoms. The number of para-hydroxylation sites is 1. The first kappa shape index (κ1) is 19.4. The molecule has 0 spiro atoms. The van der Waals surface area contributed by atoms with Gasteiger partial charge in [-0.25, -0.2) is 15.0 Å². The smallest absolute Gasteiger partial charge is 0.252 e. The van der Waals surface area contributed by atoms with E-state index in [-0.39, 0.29) is 5.56 Å². The zero-order chi connectivity index (χ0) is 20.4. The number of aromatic nitrogens is 4. The van der Waals surface area contributed by atoms with Crippen LogP contribution in [0.25, 0.3) is 11.3 Å². The van der Waals surface area contributed by atoms with E-state index in [2.05, 4.69) is 42.1 Å². The summed E-state index contributed by atoms with van der Waals surface area (Å²) in [6.07, 6.45) is 1.73. The Morgan fingerprint density at radius 1 is 1.14 bits per heavy atom. The molecule has 0 bridgehead atoms. The summed E-state index contributed by atoms with van der Waals surface area (Å²) in [5.41, 5.74) is 2.39. The van der Waals surface area contributed by atoms with Gasteiger partial charge in [-0.1, -0.05) is 23.7 Å². The number of nitrogens with zero attached hydrogens (tertiary/aromatic N) is 5. The van der Waals surface area contributed by atoms with Crippen LogP contribution >= 0.6 is 11.6 Å². The summed E-state index contributed by atoms with van der Waals surface area (Å²) in [6, 6.07) is 8.71. The van der Waals surface area contributed by atoms with E-state index in [1.54, 1.807) is 12.3 Å². The lowest BCUT2D eigenvalue weighted by atomic mass is 10.2. The van der Waals surface area contributed by atoms with Crippen LogP contribution < -0.4 is 15.8 Å². The molecule has 2 aromatic heterocycles. The lowest BCUT2D eigenvalue weighted by Crippen LogP contribution is -2.45. The van der Waals surface area contributed by atoms with E-state index < -0.39 is 0 Å². The van der Waals surface area contributed by atoms with Crippen molar-refractivity contribution in [3.63, 3.8) is 0 Å². The predicted octanol–water partition coefficient (Wildman–Crippen LogP) is 2.68. The maximum atomic E-state index is 12.2. The highest BCUT2D eigenvalue weighted by Crippen LogP contribution is 2.25. The van der Waals surface area contributed by atoms with E-state index >= 15 is 0 Å². The first-order valence-electron chi connectivity index (χ1n) is 9.40. The van der Waals surface area contributed by atoms with Gasteiger partial charge in [-0.05, 0) is 26.1 Å². The Morgan fingerprint density at radius 2 is 1.90 bits per heavy atom. The van der Waals surface area contributed by atoms with Crippen LogP contribution in [-0.4, -0.2) is 58.1 Å². The molecule has 0 atom stereocenters. The Balaban J connectivity index is 1.62. The van der Waals surface area contributed by atoms with Gasteiger partial charge < -0.3 is 15.1 Å². The van der Waals surface area contributed by atoms with Crippen molar-refractivity contribution in [2.24, 2.45) is 0 Å². The molecule has 3 aromatic rings. The van der Waals surface area contributed by atoms with Crippen molar-refractivity contribution in [3.05, 3.63) is 57.6 Å². The molecular weight excluding hydrogens is 390 g/mol. The number of anilines is 3. The highest BCUT2D eigenvalue weighted by Gasteiger charge is 2.18. The van der Waals surface area contributed by atoms with Crippen molar-refractivity contribution in [1.29, 1.82) is 0 Å². The molecule has 1 aliphatic rings. The third kappa shape index (κ3) is 4.38. The average molecular weight is 412 g/mol. The molecule has 1 saturated heterocycles. The average Bonchev–Trinajstić information content (AvgIpc) is 2.70. The van der Waals surface area contributed by atoms with Gasteiger partial charge in [-0.15, -0.1) is 0 Å². The van der Waals surface area contributed by atoms with Crippen molar-refractivity contribution >= 4 is 29.2 Å². The molecule has 1 fully saturated rings. The van der Waals surface area contributed by atoms with Crippen molar-refractivity contribution < 1.29 is 0 Å². The molecule has 29 heavy (non-hydrogen) atoms. The van der Waals surface area contributed by atoms with E-state index in [9.17, 15) is 4.79 Å². The fourth-order valence-electron chi connectivity index (χ4n) is 3.21. The number of aryl methyl sites for hydroxylation is 1. The number of likely N-dealkylation sites (N-methyl/N-ethyl adjacent to an activating group) is 1. The molecule has 0 saturated carbocycles. The highest BCUT2D eigenvalue weighted by molar-refractivity contribution is 6.33. The minimum absolute atomic E-state index is 0.271. The summed E-state index contributed by atoms with van der Waals surface area (Å²) < 4.78 is 0. The summed E-state index contributed by atoms with van der Waals surface area (Å²) >= 11 is 6.19. The van der Waals surface area contributed by atoms with Crippen molar-refractivity contribution in [3.8, 4) is 11.3 Å². The van der Waals surface area contributed by atoms with Crippen LogP contribution in [0.4, 0.5) is 17.6 Å². The van der Waals surface area contributed by atoms with Crippen molar-refractivity contribution in [2.45, 2.75) is 6.92 Å². The number of hydrogen-bond acceptors (Lipinski definition) is 7. The van der Waals surface area contributed by atoms with E-state index in [4.69, 9.17) is 11.6 Å². The molecule has 0 unspecified atom stereocenters.